The highest BCUT2D eigenvalue weighted by Crippen LogP contribution is 2.16. The van der Waals surface area contributed by atoms with Gasteiger partial charge in [0.05, 0.1) is 18.8 Å². The molecule has 5 nitrogen and oxygen atoms in total. The Morgan fingerprint density at radius 1 is 1.50 bits per heavy atom. The van der Waals surface area contributed by atoms with E-state index < -0.39 is 17.8 Å². The molecule has 0 aromatic carbocycles. The molecule has 1 aliphatic rings. The van der Waals surface area contributed by atoms with Crippen molar-refractivity contribution >= 4 is 6.09 Å². The first-order valence-electron chi connectivity index (χ1n) is 5.53. The first-order valence-corrected chi connectivity index (χ1v) is 5.53. The predicted molar refractivity (Wildman–Crippen MR) is 59.2 cm³/mol. The monoisotopic (exact) mass is 231 g/mol. The number of aliphatic hydroxyl groups excluding tert-OH is 1. The summed E-state index contributed by atoms with van der Waals surface area (Å²) >= 11 is 0. The molecule has 0 radical (unpaired) electrons. The smallest absolute Gasteiger partial charge is 0.410 e. The lowest BCUT2D eigenvalue weighted by molar-refractivity contribution is -0.0602. The van der Waals surface area contributed by atoms with Crippen molar-refractivity contribution in [3.8, 4) is 0 Å². The van der Waals surface area contributed by atoms with Gasteiger partial charge in [-0.1, -0.05) is 0 Å². The molecule has 0 unspecified atom stereocenters. The molecule has 0 saturated carbocycles. The molecule has 0 bridgehead atoms. The van der Waals surface area contributed by atoms with E-state index in [0.717, 1.165) is 0 Å². The minimum Gasteiger partial charge on any atom is -0.444 e. The number of ether oxygens (including phenoxy) is 2. The maximum Gasteiger partial charge on any atom is 0.410 e. The summed E-state index contributed by atoms with van der Waals surface area (Å²) in [7, 11) is 1.62. The van der Waals surface area contributed by atoms with Gasteiger partial charge in [-0.3, -0.25) is 0 Å². The van der Waals surface area contributed by atoms with E-state index in [4.69, 9.17) is 9.47 Å². The average Bonchev–Trinajstić information content (AvgIpc) is 2.15. The Kier molecular flexibility index (Phi) is 4.15. The number of aliphatic hydroxyl groups is 1. The van der Waals surface area contributed by atoms with Crippen molar-refractivity contribution in [3.63, 3.8) is 0 Å². The zero-order valence-electron chi connectivity index (χ0n) is 10.4. The van der Waals surface area contributed by atoms with Gasteiger partial charge in [-0.2, -0.15) is 0 Å². The Balaban J connectivity index is 2.55. The molecule has 5 heteroatoms. The van der Waals surface area contributed by atoms with E-state index in [1.165, 1.54) is 4.90 Å². The highest BCUT2D eigenvalue weighted by atomic mass is 16.6. The lowest BCUT2D eigenvalue weighted by Gasteiger charge is -2.35. The van der Waals surface area contributed by atoms with Crippen LogP contribution >= 0.6 is 0 Å². The van der Waals surface area contributed by atoms with Crippen LogP contribution in [0.1, 0.15) is 27.2 Å². The minimum atomic E-state index is -0.536. The first-order chi connectivity index (χ1) is 7.31. The highest BCUT2D eigenvalue weighted by molar-refractivity contribution is 5.68. The first kappa shape index (κ1) is 13.3. The number of likely N-dealkylation sites (N-methyl/N-ethyl adjacent to an activating group) is 1. The second-order valence-electron chi connectivity index (χ2n) is 5.09. The zero-order chi connectivity index (χ0) is 12.3. The molecule has 2 atom stereocenters. The topological polar surface area (TPSA) is 59.0 Å². The van der Waals surface area contributed by atoms with Crippen LogP contribution in [0.4, 0.5) is 4.79 Å². The van der Waals surface area contributed by atoms with Crippen LogP contribution in [0.5, 0.6) is 0 Å². The fraction of sp³-hybridized carbons (Fsp3) is 0.909. The third-order valence-electron chi connectivity index (χ3n) is 2.47. The molecule has 0 aromatic heterocycles. The molecule has 1 fully saturated rings. The molecule has 1 aliphatic heterocycles. The third-order valence-corrected chi connectivity index (χ3v) is 2.47. The molecule has 0 spiro atoms. The molecular weight excluding hydrogens is 210 g/mol. The fourth-order valence-electron chi connectivity index (χ4n) is 1.55. The van der Waals surface area contributed by atoms with Crippen molar-refractivity contribution in [2.45, 2.75) is 44.9 Å². The lowest BCUT2D eigenvalue weighted by Crippen LogP contribution is -2.51. The van der Waals surface area contributed by atoms with Crippen LogP contribution in [-0.4, -0.2) is 54.1 Å². The van der Waals surface area contributed by atoms with Crippen LogP contribution in [-0.2, 0) is 9.47 Å². The molecule has 1 rings (SSSR count). The number of nitrogens with zero attached hydrogens (tertiary/aromatic N) is 1. The Labute approximate surface area is 96.3 Å². The van der Waals surface area contributed by atoms with Crippen molar-refractivity contribution < 1.29 is 19.4 Å². The van der Waals surface area contributed by atoms with Crippen LogP contribution in [0.2, 0.25) is 0 Å². The second kappa shape index (κ2) is 5.01. The Bertz CT molecular complexity index is 249. The molecule has 16 heavy (non-hydrogen) atoms. The highest BCUT2D eigenvalue weighted by Gasteiger charge is 2.32. The lowest BCUT2D eigenvalue weighted by atomic mass is 10.1. The maximum atomic E-state index is 11.7. The summed E-state index contributed by atoms with van der Waals surface area (Å²) in [5.74, 6) is 0. The Morgan fingerprint density at radius 2 is 2.12 bits per heavy atom. The molecule has 0 aromatic rings. The van der Waals surface area contributed by atoms with Gasteiger partial charge in [-0.05, 0) is 27.2 Å². The summed E-state index contributed by atoms with van der Waals surface area (Å²) < 4.78 is 10.5. The Hall–Kier alpha value is -0.810. The molecule has 1 heterocycles. The van der Waals surface area contributed by atoms with E-state index in [-0.39, 0.29) is 6.04 Å². The quantitative estimate of drug-likeness (QED) is 0.731. The normalized spacial score (nSPS) is 26.3. The molecule has 1 N–H and O–H groups in total. The van der Waals surface area contributed by atoms with E-state index in [1.807, 2.05) is 20.8 Å². The average molecular weight is 231 g/mol. The van der Waals surface area contributed by atoms with Crippen molar-refractivity contribution in [2.24, 2.45) is 0 Å². The van der Waals surface area contributed by atoms with Crippen molar-refractivity contribution in [2.75, 3.05) is 20.3 Å². The van der Waals surface area contributed by atoms with Crippen molar-refractivity contribution in [3.05, 3.63) is 0 Å². The SMILES string of the molecule is CN(C(=O)OC(C)(C)C)[C@H]1COCC[C@@H]1O. The number of amides is 1. The number of rotatable bonds is 1. The second-order valence-corrected chi connectivity index (χ2v) is 5.09. The van der Waals surface area contributed by atoms with Crippen LogP contribution in [0.15, 0.2) is 0 Å². The molecule has 1 amide bonds. The van der Waals surface area contributed by atoms with Crippen LogP contribution < -0.4 is 0 Å². The van der Waals surface area contributed by atoms with Crippen LogP contribution in [0.3, 0.4) is 0 Å². The van der Waals surface area contributed by atoms with Crippen LogP contribution in [0, 0.1) is 0 Å². The predicted octanol–water partition coefficient (Wildman–Crippen LogP) is 1.00. The standard InChI is InChI=1S/C11H21NO4/c1-11(2,3)16-10(14)12(4)8-7-15-6-5-9(8)13/h8-9,13H,5-7H2,1-4H3/t8-,9-/m0/s1. The molecule has 94 valence electrons. The fourth-order valence-corrected chi connectivity index (χ4v) is 1.55. The van der Waals surface area contributed by atoms with Crippen LogP contribution in [0.25, 0.3) is 0 Å². The van der Waals surface area contributed by atoms with Gasteiger partial charge in [0.2, 0.25) is 0 Å². The van der Waals surface area contributed by atoms with Gasteiger partial charge >= 0.3 is 6.09 Å². The third kappa shape index (κ3) is 3.64. The maximum absolute atomic E-state index is 11.7. The summed E-state index contributed by atoms with van der Waals surface area (Å²) in [6.07, 6.45) is -0.411. The van der Waals surface area contributed by atoms with Gasteiger partial charge in [0, 0.05) is 13.7 Å². The number of carbonyl (C=O) groups excluding carboxylic acids is 1. The van der Waals surface area contributed by atoms with E-state index >= 15 is 0 Å². The zero-order valence-corrected chi connectivity index (χ0v) is 10.4. The minimum absolute atomic E-state index is 0.316. The number of hydrogen-bond donors (Lipinski definition) is 1. The summed E-state index contributed by atoms with van der Waals surface area (Å²) in [5.41, 5.74) is -0.522. The van der Waals surface area contributed by atoms with Gasteiger partial charge < -0.3 is 19.5 Å². The number of carbonyl (C=O) groups is 1. The van der Waals surface area contributed by atoms with E-state index in [9.17, 15) is 9.90 Å². The summed E-state index contributed by atoms with van der Waals surface area (Å²) in [5, 5.41) is 9.76. The van der Waals surface area contributed by atoms with E-state index in [1.54, 1.807) is 7.05 Å². The van der Waals surface area contributed by atoms with E-state index in [0.29, 0.717) is 19.6 Å². The van der Waals surface area contributed by atoms with Gasteiger partial charge in [-0.25, -0.2) is 4.79 Å². The van der Waals surface area contributed by atoms with Gasteiger partial charge in [0.15, 0.2) is 0 Å². The largest absolute Gasteiger partial charge is 0.444 e. The molecule has 0 aliphatic carbocycles. The number of hydrogen-bond acceptors (Lipinski definition) is 4. The summed E-state index contributed by atoms with van der Waals surface area (Å²) in [6.45, 7) is 6.34. The van der Waals surface area contributed by atoms with Crippen molar-refractivity contribution in [1.29, 1.82) is 0 Å². The van der Waals surface area contributed by atoms with Gasteiger partial charge in [0.1, 0.15) is 5.60 Å². The van der Waals surface area contributed by atoms with Gasteiger partial charge in [0.25, 0.3) is 0 Å². The summed E-state index contributed by atoms with van der Waals surface area (Å²) in [6, 6.07) is -0.316. The molecular formula is C11H21NO4. The Morgan fingerprint density at radius 3 is 2.62 bits per heavy atom. The van der Waals surface area contributed by atoms with Gasteiger partial charge in [-0.15, -0.1) is 0 Å². The summed E-state index contributed by atoms with van der Waals surface area (Å²) in [4.78, 5) is 13.2. The van der Waals surface area contributed by atoms with E-state index in [2.05, 4.69) is 0 Å². The molecule has 1 saturated heterocycles. The van der Waals surface area contributed by atoms with Crippen molar-refractivity contribution in [1.82, 2.24) is 4.90 Å².